The number of thioether (sulfide) groups is 1. The van der Waals surface area contributed by atoms with Crippen LogP contribution in [0.2, 0.25) is 0 Å². The summed E-state index contributed by atoms with van der Waals surface area (Å²) in [5.74, 6) is 0.836. The molecule has 0 aromatic heterocycles. The largest absolute Gasteiger partial charge is 0.382 e. The van der Waals surface area contributed by atoms with Gasteiger partial charge in [0.1, 0.15) is 0 Å². The molecule has 0 saturated carbocycles. The molecule has 0 heterocycles. The second kappa shape index (κ2) is 16.0. The number of ether oxygens (including phenoxy) is 2. The topological polar surface area (TPSA) is 54.9 Å². The average molecular weight is 467 g/mol. The Labute approximate surface area is 167 Å². The molecule has 0 saturated heterocycles. The van der Waals surface area contributed by atoms with Crippen LogP contribution in [0, 0.1) is 0 Å². The fourth-order valence-electron chi connectivity index (χ4n) is 1.82. The predicted molar refractivity (Wildman–Crippen MR) is 114 cm³/mol. The third kappa shape index (κ3) is 11.9. The molecule has 138 valence electrons. The summed E-state index contributed by atoms with van der Waals surface area (Å²) in [4.78, 5) is 5.91. The second-order valence-electron chi connectivity index (χ2n) is 4.99. The van der Waals surface area contributed by atoms with E-state index in [0.29, 0.717) is 25.1 Å². The monoisotopic (exact) mass is 467 g/mol. The van der Waals surface area contributed by atoms with Gasteiger partial charge in [0.2, 0.25) is 0 Å². The van der Waals surface area contributed by atoms with Gasteiger partial charge in [0, 0.05) is 30.3 Å². The molecule has 24 heavy (non-hydrogen) atoms. The molecule has 0 amide bonds. The van der Waals surface area contributed by atoms with Gasteiger partial charge in [0.25, 0.3) is 0 Å². The van der Waals surface area contributed by atoms with Crippen molar-refractivity contribution in [1.29, 1.82) is 0 Å². The average Bonchev–Trinajstić information content (AvgIpc) is 2.56. The standard InChI is InChI=1S/C17H29N3O2S.HI/c1-4-18-17(19-10-11-22-13-12-21-3)20-14-15(2)23-16-8-6-5-7-9-16;/h5-9,15H,4,10-14H2,1-3H3,(H2,18,19,20);1H. The van der Waals surface area contributed by atoms with E-state index < -0.39 is 0 Å². The highest BCUT2D eigenvalue weighted by Crippen LogP contribution is 2.22. The molecular formula is C17H30IN3O2S. The normalized spacial score (nSPS) is 12.4. The Bertz CT molecular complexity index is 435. The molecule has 7 heteroatoms. The molecule has 0 fully saturated rings. The minimum Gasteiger partial charge on any atom is -0.382 e. The van der Waals surface area contributed by atoms with Crippen LogP contribution in [0.5, 0.6) is 0 Å². The molecule has 1 aromatic rings. The third-order valence-corrected chi connectivity index (χ3v) is 4.00. The van der Waals surface area contributed by atoms with E-state index in [1.165, 1.54) is 4.90 Å². The molecule has 0 aliphatic rings. The summed E-state index contributed by atoms with van der Waals surface area (Å²) in [5, 5.41) is 6.96. The van der Waals surface area contributed by atoms with Crippen LogP contribution < -0.4 is 10.6 Å². The molecule has 0 spiro atoms. The lowest BCUT2D eigenvalue weighted by Crippen LogP contribution is -2.39. The fraction of sp³-hybridized carbons (Fsp3) is 0.588. The van der Waals surface area contributed by atoms with Crippen molar-refractivity contribution in [2.45, 2.75) is 24.0 Å². The minimum absolute atomic E-state index is 0. The highest BCUT2D eigenvalue weighted by Gasteiger charge is 2.04. The van der Waals surface area contributed by atoms with Crippen molar-refractivity contribution in [3.8, 4) is 0 Å². The maximum Gasteiger partial charge on any atom is 0.191 e. The van der Waals surface area contributed by atoms with Crippen molar-refractivity contribution in [2.75, 3.05) is 46.6 Å². The first-order chi connectivity index (χ1) is 11.3. The molecule has 2 N–H and O–H groups in total. The molecule has 0 radical (unpaired) electrons. The summed E-state index contributed by atoms with van der Waals surface area (Å²) in [7, 11) is 1.67. The first kappa shape index (κ1) is 23.5. The number of hydrogen-bond donors (Lipinski definition) is 2. The van der Waals surface area contributed by atoms with E-state index in [1.807, 2.05) is 17.8 Å². The number of benzene rings is 1. The van der Waals surface area contributed by atoms with Crippen LogP contribution in [0.3, 0.4) is 0 Å². The lowest BCUT2D eigenvalue weighted by molar-refractivity contribution is 0.0733. The number of halogens is 1. The lowest BCUT2D eigenvalue weighted by atomic mass is 10.4. The maximum absolute atomic E-state index is 5.43. The molecule has 1 unspecified atom stereocenters. The van der Waals surface area contributed by atoms with Gasteiger partial charge in [0.15, 0.2) is 5.96 Å². The van der Waals surface area contributed by atoms with E-state index >= 15 is 0 Å². The number of nitrogens with one attached hydrogen (secondary N) is 2. The van der Waals surface area contributed by atoms with Gasteiger partial charge in [-0.15, -0.1) is 35.7 Å². The van der Waals surface area contributed by atoms with Crippen LogP contribution in [0.15, 0.2) is 40.2 Å². The van der Waals surface area contributed by atoms with Crippen molar-refractivity contribution >= 4 is 41.7 Å². The Balaban J connectivity index is 0.00000529. The minimum atomic E-state index is 0. The van der Waals surface area contributed by atoms with Crippen molar-refractivity contribution in [3.63, 3.8) is 0 Å². The zero-order valence-electron chi connectivity index (χ0n) is 14.8. The lowest BCUT2D eigenvalue weighted by Gasteiger charge is -2.13. The Morgan fingerprint density at radius 3 is 2.58 bits per heavy atom. The van der Waals surface area contributed by atoms with Crippen LogP contribution in [0.4, 0.5) is 0 Å². The van der Waals surface area contributed by atoms with Gasteiger partial charge in [-0.1, -0.05) is 25.1 Å². The zero-order chi connectivity index (χ0) is 16.8. The summed E-state index contributed by atoms with van der Waals surface area (Å²) in [6.45, 7) is 8.49. The molecule has 5 nitrogen and oxygen atoms in total. The van der Waals surface area contributed by atoms with Gasteiger partial charge in [-0.25, -0.2) is 0 Å². The van der Waals surface area contributed by atoms with E-state index in [9.17, 15) is 0 Å². The zero-order valence-corrected chi connectivity index (χ0v) is 17.9. The summed E-state index contributed by atoms with van der Waals surface area (Å²) >= 11 is 1.84. The van der Waals surface area contributed by atoms with E-state index in [-0.39, 0.29) is 24.0 Å². The van der Waals surface area contributed by atoms with Crippen LogP contribution in [0.25, 0.3) is 0 Å². The van der Waals surface area contributed by atoms with Gasteiger partial charge >= 0.3 is 0 Å². The molecule has 0 aliphatic heterocycles. The Hall–Kier alpha value is -0.510. The van der Waals surface area contributed by atoms with Crippen LogP contribution >= 0.6 is 35.7 Å². The summed E-state index contributed by atoms with van der Waals surface area (Å²) in [5.41, 5.74) is 0. The SMILES string of the molecule is CCNC(=NCC(C)Sc1ccccc1)NCCOCCOC.I. The van der Waals surface area contributed by atoms with E-state index in [1.54, 1.807) is 7.11 Å². The van der Waals surface area contributed by atoms with Crippen molar-refractivity contribution < 1.29 is 9.47 Å². The van der Waals surface area contributed by atoms with Gasteiger partial charge in [-0.05, 0) is 19.1 Å². The van der Waals surface area contributed by atoms with Crippen molar-refractivity contribution in [3.05, 3.63) is 30.3 Å². The molecule has 0 bridgehead atoms. The highest BCUT2D eigenvalue weighted by molar-refractivity contribution is 14.0. The Morgan fingerprint density at radius 2 is 1.92 bits per heavy atom. The molecule has 0 aliphatic carbocycles. The fourth-order valence-corrected chi connectivity index (χ4v) is 2.74. The quantitative estimate of drug-likeness (QED) is 0.172. The summed E-state index contributed by atoms with van der Waals surface area (Å²) < 4.78 is 10.4. The van der Waals surface area contributed by atoms with Gasteiger partial charge in [-0.3, -0.25) is 4.99 Å². The van der Waals surface area contributed by atoms with Crippen LogP contribution in [0.1, 0.15) is 13.8 Å². The van der Waals surface area contributed by atoms with Crippen molar-refractivity contribution in [2.24, 2.45) is 4.99 Å². The first-order valence-corrected chi connectivity index (χ1v) is 8.94. The molecule has 1 aromatic carbocycles. The first-order valence-electron chi connectivity index (χ1n) is 8.06. The highest BCUT2D eigenvalue weighted by atomic mass is 127. The number of guanidine groups is 1. The smallest absolute Gasteiger partial charge is 0.191 e. The van der Waals surface area contributed by atoms with Crippen LogP contribution in [-0.2, 0) is 9.47 Å². The van der Waals surface area contributed by atoms with E-state index in [2.05, 4.69) is 53.7 Å². The second-order valence-corrected chi connectivity index (χ2v) is 6.50. The Kier molecular flexibility index (Phi) is 15.6. The van der Waals surface area contributed by atoms with E-state index in [0.717, 1.165) is 25.6 Å². The number of nitrogens with zero attached hydrogens (tertiary/aromatic N) is 1. The molecule has 1 rings (SSSR count). The van der Waals surface area contributed by atoms with Gasteiger partial charge in [0.05, 0.1) is 26.4 Å². The number of methoxy groups -OCH3 is 1. The summed E-state index contributed by atoms with van der Waals surface area (Å²) in [6.07, 6.45) is 0. The maximum atomic E-state index is 5.43. The van der Waals surface area contributed by atoms with Gasteiger partial charge in [-0.2, -0.15) is 0 Å². The van der Waals surface area contributed by atoms with E-state index in [4.69, 9.17) is 9.47 Å². The number of hydrogen-bond acceptors (Lipinski definition) is 4. The Morgan fingerprint density at radius 1 is 1.17 bits per heavy atom. The molecule has 1 atom stereocenters. The number of rotatable bonds is 11. The number of aliphatic imine (C=N–C) groups is 1. The van der Waals surface area contributed by atoms with Crippen LogP contribution in [-0.4, -0.2) is 57.8 Å². The third-order valence-electron chi connectivity index (χ3n) is 2.90. The predicted octanol–water partition coefficient (Wildman–Crippen LogP) is 3.00. The van der Waals surface area contributed by atoms with Gasteiger partial charge < -0.3 is 20.1 Å². The summed E-state index contributed by atoms with van der Waals surface area (Å²) in [6, 6.07) is 10.4. The van der Waals surface area contributed by atoms with Crippen molar-refractivity contribution in [1.82, 2.24) is 10.6 Å². The molecular weight excluding hydrogens is 437 g/mol.